The Morgan fingerprint density at radius 1 is 1.47 bits per heavy atom. The molecule has 94 valence electrons. The molecule has 0 saturated carbocycles. The van der Waals surface area contributed by atoms with Crippen molar-refractivity contribution in [3.05, 3.63) is 18.1 Å². The molecule has 0 spiro atoms. The van der Waals surface area contributed by atoms with E-state index in [1.54, 1.807) is 6.33 Å². The number of aromatic nitrogens is 2. The molecule has 1 N–H and O–H groups in total. The molecule has 2 rings (SSSR count). The fourth-order valence-electron chi connectivity index (χ4n) is 2.25. The Hall–Kier alpha value is -1.16. The summed E-state index contributed by atoms with van der Waals surface area (Å²) in [6, 6.07) is 2.65. The van der Waals surface area contributed by atoms with Crippen LogP contribution in [0.15, 0.2) is 12.4 Å². The van der Waals surface area contributed by atoms with Gasteiger partial charge < -0.3 is 10.2 Å². The Kier molecular flexibility index (Phi) is 3.94. The standard InChI is InChI=1S/C13H22N4/c1-10(2)6-12-7-13(16-9-15-12)17-5-4-14-8-11(17)3/h7,9-11,14H,4-6,8H2,1-3H3/t11-/m0/s1. The maximum atomic E-state index is 4.41. The average molecular weight is 234 g/mol. The Morgan fingerprint density at radius 2 is 2.29 bits per heavy atom. The summed E-state index contributed by atoms with van der Waals surface area (Å²) in [5, 5.41) is 3.40. The third-order valence-corrected chi connectivity index (χ3v) is 3.12. The lowest BCUT2D eigenvalue weighted by atomic mass is 10.1. The van der Waals surface area contributed by atoms with Crippen LogP contribution in [0, 0.1) is 5.92 Å². The summed E-state index contributed by atoms with van der Waals surface area (Å²) >= 11 is 0. The van der Waals surface area contributed by atoms with Crippen molar-refractivity contribution >= 4 is 5.82 Å². The zero-order valence-corrected chi connectivity index (χ0v) is 11.0. The molecule has 1 aromatic heterocycles. The van der Waals surface area contributed by atoms with Crippen molar-refractivity contribution in [2.24, 2.45) is 5.92 Å². The molecule has 2 heterocycles. The summed E-state index contributed by atoms with van der Waals surface area (Å²) in [5.74, 6) is 1.71. The minimum Gasteiger partial charge on any atom is -0.351 e. The number of piperazine rings is 1. The second-order valence-corrected chi connectivity index (χ2v) is 5.21. The summed E-state index contributed by atoms with van der Waals surface area (Å²) in [7, 11) is 0. The number of anilines is 1. The molecule has 0 bridgehead atoms. The van der Waals surface area contributed by atoms with E-state index in [-0.39, 0.29) is 0 Å². The van der Waals surface area contributed by atoms with Gasteiger partial charge in [0.25, 0.3) is 0 Å². The lowest BCUT2D eigenvalue weighted by Gasteiger charge is -2.34. The highest BCUT2D eigenvalue weighted by atomic mass is 15.3. The topological polar surface area (TPSA) is 41.0 Å². The molecular formula is C13H22N4. The van der Waals surface area contributed by atoms with E-state index >= 15 is 0 Å². The zero-order chi connectivity index (χ0) is 12.3. The SMILES string of the molecule is CC(C)Cc1cc(N2CCNC[C@@H]2C)ncn1. The van der Waals surface area contributed by atoms with E-state index in [4.69, 9.17) is 0 Å². The lowest BCUT2D eigenvalue weighted by Crippen LogP contribution is -2.50. The highest BCUT2D eigenvalue weighted by Crippen LogP contribution is 2.17. The van der Waals surface area contributed by atoms with Crippen LogP contribution < -0.4 is 10.2 Å². The molecule has 4 nitrogen and oxygen atoms in total. The van der Waals surface area contributed by atoms with Crippen LogP contribution in [-0.2, 0) is 6.42 Å². The molecule has 1 aliphatic rings. The summed E-state index contributed by atoms with van der Waals surface area (Å²) in [4.78, 5) is 11.1. The second kappa shape index (κ2) is 5.45. The summed E-state index contributed by atoms with van der Waals surface area (Å²) in [6.07, 6.45) is 2.72. The predicted molar refractivity (Wildman–Crippen MR) is 70.3 cm³/mol. The van der Waals surface area contributed by atoms with Gasteiger partial charge in [0, 0.05) is 37.4 Å². The van der Waals surface area contributed by atoms with Gasteiger partial charge in [-0.1, -0.05) is 13.8 Å². The highest BCUT2D eigenvalue weighted by Gasteiger charge is 2.19. The van der Waals surface area contributed by atoms with Crippen LogP contribution in [0.2, 0.25) is 0 Å². The van der Waals surface area contributed by atoms with Crippen LogP contribution >= 0.6 is 0 Å². The van der Waals surface area contributed by atoms with Crippen molar-refractivity contribution < 1.29 is 0 Å². The van der Waals surface area contributed by atoms with Crippen molar-refractivity contribution in [3.8, 4) is 0 Å². The molecule has 0 aromatic carbocycles. The van der Waals surface area contributed by atoms with Gasteiger partial charge in [0.05, 0.1) is 0 Å². The van der Waals surface area contributed by atoms with Crippen molar-refractivity contribution in [1.29, 1.82) is 0 Å². The normalized spacial score (nSPS) is 20.9. The maximum absolute atomic E-state index is 4.41. The molecule has 0 amide bonds. The van der Waals surface area contributed by atoms with Crippen LogP contribution in [-0.4, -0.2) is 35.6 Å². The molecule has 1 atom stereocenters. The number of hydrogen-bond acceptors (Lipinski definition) is 4. The predicted octanol–water partition coefficient (Wildman–Crippen LogP) is 1.47. The van der Waals surface area contributed by atoms with Crippen molar-refractivity contribution in [2.75, 3.05) is 24.5 Å². The third kappa shape index (κ3) is 3.16. The van der Waals surface area contributed by atoms with E-state index in [0.717, 1.165) is 37.6 Å². The van der Waals surface area contributed by atoms with Gasteiger partial charge in [-0.15, -0.1) is 0 Å². The minimum atomic E-state index is 0.505. The van der Waals surface area contributed by atoms with Crippen LogP contribution in [0.5, 0.6) is 0 Å². The molecule has 4 heteroatoms. The smallest absolute Gasteiger partial charge is 0.132 e. The Bertz CT molecular complexity index is 364. The number of nitrogens with one attached hydrogen (secondary N) is 1. The van der Waals surface area contributed by atoms with Gasteiger partial charge in [0.2, 0.25) is 0 Å². The first kappa shape index (κ1) is 12.3. The largest absolute Gasteiger partial charge is 0.351 e. The first-order valence-electron chi connectivity index (χ1n) is 6.45. The van der Waals surface area contributed by atoms with E-state index in [9.17, 15) is 0 Å². The molecule has 1 aliphatic heterocycles. The van der Waals surface area contributed by atoms with Crippen LogP contribution in [0.3, 0.4) is 0 Å². The van der Waals surface area contributed by atoms with E-state index in [1.165, 1.54) is 0 Å². The Labute approximate surface area is 103 Å². The van der Waals surface area contributed by atoms with E-state index in [2.05, 4.69) is 47.0 Å². The average Bonchev–Trinajstić information content (AvgIpc) is 2.29. The van der Waals surface area contributed by atoms with Crippen LogP contribution in [0.1, 0.15) is 26.5 Å². The maximum Gasteiger partial charge on any atom is 0.132 e. The number of nitrogens with zero attached hydrogens (tertiary/aromatic N) is 3. The molecule has 1 aromatic rings. The van der Waals surface area contributed by atoms with Gasteiger partial charge in [0.15, 0.2) is 0 Å². The monoisotopic (exact) mass is 234 g/mol. The fraction of sp³-hybridized carbons (Fsp3) is 0.692. The van der Waals surface area contributed by atoms with Crippen molar-refractivity contribution in [3.63, 3.8) is 0 Å². The van der Waals surface area contributed by atoms with Gasteiger partial charge in [-0.05, 0) is 19.3 Å². The molecule has 1 saturated heterocycles. The zero-order valence-electron chi connectivity index (χ0n) is 11.0. The minimum absolute atomic E-state index is 0.505. The van der Waals surface area contributed by atoms with E-state index in [1.807, 2.05) is 0 Å². The molecule has 0 radical (unpaired) electrons. The van der Waals surface area contributed by atoms with Gasteiger partial charge in [0.1, 0.15) is 12.1 Å². The quantitative estimate of drug-likeness (QED) is 0.860. The molecule has 17 heavy (non-hydrogen) atoms. The third-order valence-electron chi connectivity index (χ3n) is 3.12. The Balaban J connectivity index is 2.14. The van der Waals surface area contributed by atoms with Gasteiger partial charge in [-0.25, -0.2) is 9.97 Å². The summed E-state index contributed by atoms with van der Waals surface area (Å²) < 4.78 is 0. The fourth-order valence-corrected chi connectivity index (χ4v) is 2.25. The van der Waals surface area contributed by atoms with E-state index < -0.39 is 0 Å². The Morgan fingerprint density at radius 3 is 3.00 bits per heavy atom. The summed E-state index contributed by atoms with van der Waals surface area (Å²) in [6.45, 7) is 9.76. The molecule has 0 aliphatic carbocycles. The first-order chi connectivity index (χ1) is 8.16. The second-order valence-electron chi connectivity index (χ2n) is 5.21. The number of rotatable bonds is 3. The van der Waals surface area contributed by atoms with Crippen LogP contribution in [0.4, 0.5) is 5.82 Å². The lowest BCUT2D eigenvalue weighted by molar-refractivity contribution is 0.496. The van der Waals surface area contributed by atoms with Gasteiger partial charge >= 0.3 is 0 Å². The number of hydrogen-bond donors (Lipinski definition) is 1. The van der Waals surface area contributed by atoms with Crippen molar-refractivity contribution in [1.82, 2.24) is 15.3 Å². The first-order valence-corrected chi connectivity index (χ1v) is 6.45. The van der Waals surface area contributed by atoms with Gasteiger partial charge in [-0.2, -0.15) is 0 Å². The molecule has 1 fully saturated rings. The van der Waals surface area contributed by atoms with Crippen LogP contribution in [0.25, 0.3) is 0 Å². The molecular weight excluding hydrogens is 212 g/mol. The molecule has 0 unspecified atom stereocenters. The van der Waals surface area contributed by atoms with Gasteiger partial charge in [-0.3, -0.25) is 0 Å². The summed E-state index contributed by atoms with van der Waals surface area (Å²) in [5.41, 5.74) is 1.15. The highest BCUT2D eigenvalue weighted by molar-refractivity contribution is 5.41. The van der Waals surface area contributed by atoms with Crippen molar-refractivity contribution in [2.45, 2.75) is 33.2 Å². The van der Waals surface area contributed by atoms with E-state index in [0.29, 0.717) is 12.0 Å².